The predicted octanol–water partition coefficient (Wildman–Crippen LogP) is 3.96. The maximum Gasteiger partial charge on any atom is 0.162 e. The van der Waals surface area contributed by atoms with Gasteiger partial charge in [0, 0.05) is 43.7 Å². The lowest BCUT2D eigenvalue weighted by molar-refractivity contribution is -0.123. The predicted molar refractivity (Wildman–Crippen MR) is 112 cm³/mol. The summed E-state index contributed by atoms with van der Waals surface area (Å²) in [6.07, 6.45) is 3.87. The Morgan fingerprint density at radius 3 is 2.21 bits per heavy atom. The first-order chi connectivity index (χ1) is 13.7. The third kappa shape index (κ3) is 3.74. The van der Waals surface area contributed by atoms with Gasteiger partial charge in [0.1, 0.15) is 5.54 Å². The summed E-state index contributed by atoms with van der Waals surface area (Å²) < 4.78 is 0. The second kappa shape index (κ2) is 8.27. The third-order valence-electron chi connectivity index (χ3n) is 6.32. The van der Waals surface area contributed by atoms with Gasteiger partial charge in [-0.15, -0.1) is 0 Å². The molecular weight excluding hydrogens is 348 g/mol. The number of anilines is 1. The molecule has 4 heteroatoms. The van der Waals surface area contributed by atoms with Crippen LogP contribution in [0.1, 0.15) is 42.5 Å². The van der Waals surface area contributed by atoms with Crippen LogP contribution in [0.15, 0.2) is 60.7 Å². The molecule has 4 rings (SSSR count). The van der Waals surface area contributed by atoms with Gasteiger partial charge < -0.3 is 9.80 Å². The molecule has 4 nitrogen and oxygen atoms in total. The van der Waals surface area contributed by atoms with Crippen LogP contribution in [0.3, 0.4) is 0 Å². The van der Waals surface area contributed by atoms with Crippen LogP contribution in [-0.2, 0) is 4.79 Å². The molecule has 0 aromatic heterocycles. The summed E-state index contributed by atoms with van der Waals surface area (Å²) in [6.45, 7) is 3.60. The van der Waals surface area contributed by atoms with E-state index in [-0.39, 0.29) is 11.3 Å². The first-order valence-corrected chi connectivity index (χ1v) is 10.4. The van der Waals surface area contributed by atoms with E-state index in [1.54, 1.807) is 0 Å². The van der Waals surface area contributed by atoms with Crippen LogP contribution in [0.4, 0.5) is 5.69 Å². The Labute approximate surface area is 167 Å². The maximum absolute atomic E-state index is 12.8. The van der Waals surface area contributed by atoms with Gasteiger partial charge in [0.25, 0.3) is 0 Å². The van der Waals surface area contributed by atoms with Gasteiger partial charge in [0.15, 0.2) is 11.6 Å². The summed E-state index contributed by atoms with van der Waals surface area (Å²) in [4.78, 5) is 29.8. The monoisotopic (exact) mass is 376 g/mol. The van der Waals surface area contributed by atoms with Crippen molar-refractivity contribution in [1.29, 1.82) is 0 Å². The van der Waals surface area contributed by atoms with Crippen molar-refractivity contribution in [2.24, 2.45) is 0 Å². The number of rotatable bonds is 6. The van der Waals surface area contributed by atoms with Crippen LogP contribution in [0.25, 0.3) is 0 Å². The largest absolute Gasteiger partial charge is 0.358 e. The van der Waals surface area contributed by atoms with Gasteiger partial charge in [-0.1, -0.05) is 48.5 Å². The fourth-order valence-corrected chi connectivity index (χ4v) is 4.72. The topological polar surface area (TPSA) is 40.6 Å². The van der Waals surface area contributed by atoms with Crippen molar-refractivity contribution >= 4 is 17.3 Å². The molecule has 2 saturated heterocycles. The van der Waals surface area contributed by atoms with Crippen LogP contribution in [-0.4, -0.2) is 48.2 Å². The smallest absolute Gasteiger partial charge is 0.162 e. The van der Waals surface area contributed by atoms with E-state index >= 15 is 0 Å². The number of carbonyl (C=O) groups excluding carboxylic acids is 2. The van der Waals surface area contributed by atoms with E-state index in [0.29, 0.717) is 18.6 Å². The van der Waals surface area contributed by atoms with E-state index in [2.05, 4.69) is 21.9 Å². The quantitative estimate of drug-likeness (QED) is 0.716. The minimum atomic E-state index is -0.322. The van der Waals surface area contributed by atoms with Crippen LogP contribution >= 0.6 is 0 Å². The molecule has 2 aliphatic heterocycles. The van der Waals surface area contributed by atoms with Gasteiger partial charge in [-0.25, -0.2) is 0 Å². The molecule has 2 fully saturated rings. The molecule has 0 saturated carbocycles. The zero-order valence-electron chi connectivity index (χ0n) is 16.3. The highest BCUT2D eigenvalue weighted by Gasteiger charge is 2.49. The summed E-state index contributed by atoms with van der Waals surface area (Å²) in [7, 11) is 0. The number of Topliss-reactive ketones (excluding diaryl/α,β-unsaturated/α-hetero) is 2. The van der Waals surface area contributed by atoms with Crippen LogP contribution in [0, 0.1) is 0 Å². The first kappa shape index (κ1) is 18.9. The summed E-state index contributed by atoms with van der Waals surface area (Å²) >= 11 is 0. The van der Waals surface area contributed by atoms with Gasteiger partial charge in [-0.05, 0) is 37.9 Å². The van der Waals surface area contributed by atoms with Crippen molar-refractivity contribution in [3.63, 3.8) is 0 Å². The molecule has 0 amide bonds. The van der Waals surface area contributed by atoms with Crippen LogP contribution < -0.4 is 4.90 Å². The Morgan fingerprint density at radius 1 is 0.893 bits per heavy atom. The van der Waals surface area contributed by atoms with E-state index in [0.717, 1.165) is 56.7 Å². The van der Waals surface area contributed by atoms with Crippen molar-refractivity contribution in [3.05, 3.63) is 66.2 Å². The fraction of sp³-hybridized carbons (Fsp3) is 0.417. The first-order valence-electron chi connectivity index (χ1n) is 10.4. The average Bonchev–Trinajstić information content (AvgIpc) is 3.06. The van der Waals surface area contributed by atoms with Crippen molar-refractivity contribution in [2.45, 2.75) is 37.6 Å². The second-order valence-corrected chi connectivity index (χ2v) is 7.93. The van der Waals surface area contributed by atoms with Gasteiger partial charge in [-0.3, -0.25) is 9.59 Å². The average molecular weight is 376 g/mol. The maximum atomic E-state index is 12.8. The Morgan fingerprint density at radius 2 is 1.54 bits per heavy atom. The van der Waals surface area contributed by atoms with E-state index in [4.69, 9.17) is 0 Å². The Kier molecular flexibility index (Phi) is 5.58. The Bertz CT molecular complexity index is 811. The lowest BCUT2D eigenvalue weighted by Gasteiger charge is -2.44. The molecule has 2 aromatic carbocycles. The molecule has 0 aliphatic carbocycles. The van der Waals surface area contributed by atoms with Gasteiger partial charge in [-0.2, -0.15) is 0 Å². The van der Waals surface area contributed by atoms with Crippen molar-refractivity contribution in [2.75, 3.05) is 31.1 Å². The molecule has 1 spiro atoms. The highest BCUT2D eigenvalue weighted by Crippen LogP contribution is 2.39. The molecule has 146 valence electrons. The molecule has 2 aromatic rings. The Balaban J connectivity index is 1.31. The summed E-state index contributed by atoms with van der Waals surface area (Å²) in [5.41, 5.74) is 1.64. The SMILES string of the molecule is O=C(CCCN1CCC2(CC1)C(=O)CCN2c1ccccc1)c1ccccc1. The number of nitrogens with zero attached hydrogens (tertiary/aromatic N) is 2. The molecule has 0 bridgehead atoms. The number of carbonyl (C=O) groups is 2. The minimum absolute atomic E-state index is 0.218. The van der Waals surface area contributed by atoms with E-state index in [1.165, 1.54) is 0 Å². The highest BCUT2D eigenvalue weighted by molar-refractivity contribution is 5.96. The van der Waals surface area contributed by atoms with Gasteiger partial charge >= 0.3 is 0 Å². The molecule has 2 heterocycles. The lowest BCUT2D eigenvalue weighted by Crippen LogP contribution is -2.56. The summed E-state index contributed by atoms with van der Waals surface area (Å²) in [5.74, 6) is 0.616. The number of ketones is 2. The zero-order valence-corrected chi connectivity index (χ0v) is 16.3. The van der Waals surface area contributed by atoms with Crippen molar-refractivity contribution in [1.82, 2.24) is 4.90 Å². The molecule has 0 atom stereocenters. The highest BCUT2D eigenvalue weighted by atomic mass is 16.1. The normalized spacial score (nSPS) is 19.3. The van der Waals surface area contributed by atoms with Crippen molar-refractivity contribution in [3.8, 4) is 0 Å². The fourth-order valence-electron chi connectivity index (χ4n) is 4.72. The number of hydrogen-bond donors (Lipinski definition) is 0. The number of likely N-dealkylation sites (tertiary alicyclic amines) is 1. The van der Waals surface area contributed by atoms with E-state index < -0.39 is 0 Å². The Hall–Kier alpha value is -2.46. The molecule has 28 heavy (non-hydrogen) atoms. The van der Waals surface area contributed by atoms with Gasteiger partial charge in [0.2, 0.25) is 0 Å². The second-order valence-electron chi connectivity index (χ2n) is 7.93. The number of benzene rings is 2. The van der Waals surface area contributed by atoms with Gasteiger partial charge in [0.05, 0.1) is 0 Å². The standard InChI is InChI=1S/C24H28N2O2/c27-22(20-8-3-1-4-9-20)12-7-16-25-18-14-24(15-19-25)23(28)13-17-26(24)21-10-5-2-6-11-21/h1-6,8-11H,7,12-19H2. The lowest BCUT2D eigenvalue weighted by atomic mass is 9.83. The summed E-state index contributed by atoms with van der Waals surface area (Å²) in [6, 6.07) is 19.9. The molecule has 0 N–H and O–H groups in total. The molecule has 0 unspecified atom stereocenters. The third-order valence-corrected chi connectivity index (χ3v) is 6.32. The summed E-state index contributed by atoms with van der Waals surface area (Å²) in [5, 5.41) is 0. The number of piperidine rings is 1. The van der Waals surface area contributed by atoms with E-state index in [9.17, 15) is 9.59 Å². The number of hydrogen-bond acceptors (Lipinski definition) is 4. The minimum Gasteiger partial charge on any atom is -0.358 e. The van der Waals surface area contributed by atoms with Crippen molar-refractivity contribution < 1.29 is 9.59 Å². The zero-order chi connectivity index (χ0) is 19.4. The number of para-hydroxylation sites is 1. The van der Waals surface area contributed by atoms with Crippen LogP contribution in [0.5, 0.6) is 0 Å². The molecular formula is C24H28N2O2. The molecule has 2 aliphatic rings. The van der Waals surface area contributed by atoms with E-state index in [1.807, 2.05) is 48.5 Å². The van der Waals surface area contributed by atoms with Crippen LogP contribution in [0.2, 0.25) is 0 Å². The molecule has 0 radical (unpaired) electrons.